The minimum atomic E-state index is -0.511. The molecule has 0 atom stereocenters. The molecule has 0 heterocycles. The molecule has 0 aromatic heterocycles. The number of amides is 1. The summed E-state index contributed by atoms with van der Waals surface area (Å²) in [6, 6.07) is 11.8. The summed E-state index contributed by atoms with van der Waals surface area (Å²) in [6.45, 7) is 3.39. The quantitative estimate of drug-likeness (QED) is 0.500. The summed E-state index contributed by atoms with van der Waals surface area (Å²) in [7, 11) is 0. The van der Waals surface area contributed by atoms with Crippen LogP contribution in [0.5, 0.6) is 0 Å². The molecule has 0 bridgehead atoms. The third-order valence-corrected chi connectivity index (χ3v) is 3.78. The molecular formula is C16H14BrN3O3. The lowest BCUT2D eigenvalue weighted by Gasteiger charge is -2.04. The fourth-order valence-corrected chi connectivity index (χ4v) is 2.17. The summed E-state index contributed by atoms with van der Waals surface area (Å²) >= 11 is 3.35. The number of aryl methyl sites for hydroxylation is 1. The molecule has 0 fully saturated rings. The van der Waals surface area contributed by atoms with Gasteiger partial charge in [-0.1, -0.05) is 34.1 Å². The molecule has 1 N–H and O–H groups in total. The van der Waals surface area contributed by atoms with Gasteiger partial charge in [-0.3, -0.25) is 14.9 Å². The number of hydrogen-bond acceptors (Lipinski definition) is 4. The standard InChI is InChI=1S/C16H14BrN3O3/c1-10-3-4-13(9-15(10)20(22)23)16(21)19-18-11(2)12-5-7-14(17)8-6-12/h3-9H,1-2H3,(H,19,21)/b18-11+. The van der Waals surface area contributed by atoms with Crippen molar-refractivity contribution in [3.05, 3.63) is 73.7 Å². The van der Waals surface area contributed by atoms with Gasteiger partial charge in [-0.05, 0) is 37.6 Å². The lowest BCUT2D eigenvalue weighted by Crippen LogP contribution is -2.19. The molecule has 1 amide bonds. The summed E-state index contributed by atoms with van der Waals surface area (Å²) in [6.07, 6.45) is 0. The first-order valence-electron chi connectivity index (χ1n) is 6.74. The SMILES string of the molecule is C/C(=N\NC(=O)c1ccc(C)c([N+](=O)[O-])c1)c1ccc(Br)cc1. The van der Waals surface area contributed by atoms with Crippen LogP contribution in [-0.2, 0) is 0 Å². The van der Waals surface area contributed by atoms with Crippen molar-refractivity contribution in [3.8, 4) is 0 Å². The lowest BCUT2D eigenvalue weighted by atomic mass is 10.1. The van der Waals surface area contributed by atoms with E-state index in [9.17, 15) is 14.9 Å². The van der Waals surface area contributed by atoms with Gasteiger partial charge < -0.3 is 0 Å². The number of carbonyl (C=O) groups excluding carboxylic acids is 1. The maximum atomic E-state index is 12.1. The molecule has 0 spiro atoms. The predicted molar refractivity (Wildman–Crippen MR) is 91.7 cm³/mol. The van der Waals surface area contributed by atoms with Gasteiger partial charge in [0.15, 0.2) is 0 Å². The van der Waals surface area contributed by atoms with Gasteiger partial charge in [0.2, 0.25) is 0 Å². The minimum absolute atomic E-state index is 0.0914. The van der Waals surface area contributed by atoms with Crippen molar-refractivity contribution < 1.29 is 9.72 Å². The van der Waals surface area contributed by atoms with Crippen LogP contribution in [0.3, 0.4) is 0 Å². The van der Waals surface area contributed by atoms with E-state index < -0.39 is 10.8 Å². The second-order valence-corrected chi connectivity index (χ2v) is 5.82. The highest BCUT2D eigenvalue weighted by Gasteiger charge is 2.14. The Balaban J connectivity index is 2.16. The maximum absolute atomic E-state index is 12.1. The van der Waals surface area contributed by atoms with Crippen LogP contribution in [0.2, 0.25) is 0 Å². The Hall–Kier alpha value is -2.54. The van der Waals surface area contributed by atoms with Gasteiger partial charge in [0.05, 0.1) is 10.6 Å². The summed E-state index contributed by atoms with van der Waals surface area (Å²) < 4.78 is 0.949. The van der Waals surface area contributed by atoms with Gasteiger partial charge in [-0.25, -0.2) is 5.43 Å². The number of hydrogen-bond donors (Lipinski definition) is 1. The van der Waals surface area contributed by atoms with Crippen LogP contribution in [0.4, 0.5) is 5.69 Å². The monoisotopic (exact) mass is 375 g/mol. The average molecular weight is 376 g/mol. The Bertz CT molecular complexity index is 786. The van der Waals surface area contributed by atoms with Crippen LogP contribution in [-0.4, -0.2) is 16.5 Å². The summed E-state index contributed by atoms with van der Waals surface area (Å²) in [4.78, 5) is 22.5. The van der Waals surface area contributed by atoms with Gasteiger partial charge in [0.1, 0.15) is 0 Å². The number of benzene rings is 2. The summed E-state index contributed by atoms with van der Waals surface area (Å²) in [5.74, 6) is -0.496. The molecule has 0 aliphatic rings. The maximum Gasteiger partial charge on any atom is 0.273 e. The molecule has 23 heavy (non-hydrogen) atoms. The van der Waals surface area contributed by atoms with E-state index in [-0.39, 0.29) is 11.3 Å². The molecule has 0 radical (unpaired) electrons. The number of nitro benzene ring substituents is 1. The molecule has 2 aromatic carbocycles. The van der Waals surface area contributed by atoms with Crippen LogP contribution in [0, 0.1) is 17.0 Å². The van der Waals surface area contributed by atoms with Crippen molar-refractivity contribution in [2.75, 3.05) is 0 Å². The van der Waals surface area contributed by atoms with Gasteiger partial charge >= 0.3 is 0 Å². The third kappa shape index (κ3) is 4.23. The van der Waals surface area contributed by atoms with Crippen molar-refractivity contribution in [3.63, 3.8) is 0 Å². The highest BCUT2D eigenvalue weighted by Crippen LogP contribution is 2.19. The highest BCUT2D eigenvalue weighted by molar-refractivity contribution is 9.10. The summed E-state index contributed by atoms with van der Waals surface area (Å²) in [5, 5.41) is 14.9. The van der Waals surface area contributed by atoms with Crippen molar-refractivity contribution >= 4 is 33.2 Å². The van der Waals surface area contributed by atoms with Crippen LogP contribution in [0.15, 0.2) is 52.0 Å². The van der Waals surface area contributed by atoms with E-state index >= 15 is 0 Å². The van der Waals surface area contributed by atoms with E-state index in [1.165, 1.54) is 12.1 Å². The Morgan fingerprint density at radius 1 is 1.17 bits per heavy atom. The Morgan fingerprint density at radius 3 is 2.39 bits per heavy atom. The molecule has 118 valence electrons. The van der Waals surface area contributed by atoms with E-state index in [1.807, 2.05) is 24.3 Å². The largest absolute Gasteiger partial charge is 0.273 e. The normalized spacial score (nSPS) is 11.2. The van der Waals surface area contributed by atoms with Crippen LogP contribution >= 0.6 is 15.9 Å². The van der Waals surface area contributed by atoms with Crippen LogP contribution in [0.1, 0.15) is 28.4 Å². The average Bonchev–Trinajstić information content (AvgIpc) is 2.53. The first-order chi connectivity index (χ1) is 10.9. The van der Waals surface area contributed by atoms with E-state index in [0.717, 1.165) is 10.0 Å². The number of nitrogens with zero attached hydrogens (tertiary/aromatic N) is 2. The Kier molecular flexibility index (Phi) is 5.23. The van der Waals surface area contributed by atoms with Gasteiger partial charge in [0, 0.05) is 21.7 Å². The number of carbonyl (C=O) groups is 1. The van der Waals surface area contributed by atoms with E-state index in [0.29, 0.717) is 11.3 Å². The van der Waals surface area contributed by atoms with Crippen LogP contribution in [0.25, 0.3) is 0 Å². The first-order valence-corrected chi connectivity index (χ1v) is 7.53. The van der Waals surface area contributed by atoms with Crippen molar-refractivity contribution in [1.29, 1.82) is 0 Å². The molecule has 0 saturated carbocycles. The van der Waals surface area contributed by atoms with E-state index in [4.69, 9.17) is 0 Å². The zero-order valence-corrected chi connectivity index (χ0v) is 14.1. The third-order valence-electron chi connectivity index (χ3n) is 3.26. The molecule has 7 heteroatoms. The van der Waals surface area contributed by atoms with Crippen molar-refractivity contribution in [2.24, 2.45) is 5.10 Å². The number of nitro groups is 1. The van der Waals surface area contributed by atoms with Gasteiger partial charge in [-0.2, -0.15) is 5.10 Å². The number of nitrogens with one attached hydrogen (secondary N) is 1. The van der Waals surface area contributed by atoms with Crippen molar-refractivity contribution in [2.45, 2.75) is 13.8 Å². The zero-order valence-electron chi connectivity index (χ0n) is 12.5. The molecule has 2 rings (SSSR count). The molecule has 0 unspecified atom stereocenters. The molecular weight excluding hydrogens is 362 g/mol. The second-order valence-electron chi connectivity index (χ2n) is 4.90. The second kappa shape index (κ2) is 7.15. The summed E-state index contributed by atoms with van der Waals surface area (Å²) in [5.41, 5.74) is 4.51. The number of rotatable bonds is 4. The minimum Gasteiger partial charge on any atom is -0.267 e. The molecule has 6 nitrogen and oxygen atoms in total. The van der Waals surface area contributed by atoms with Gasteiger partial charge in [0.25, 0.3) is 11.6 Å². The lowest BCUT2D eigenvalue weighted by molar-refractivity contribution is -0.385. The number of hydrazone groups is 1. The van der Waals surface area contributed by atoms with Gasteiger partial charge in [-0.15, -0.1) is 0 Å². The fraction of sp³-hybridized carbons (Fsp3) is 0.125. The predicted octanol–water partition coefficient (Wildman–Crippen LogP) is 3.82. The Morgan fingerprint density at radius 2 is 1.78 bits per heavy atom. The van der Waals surface area contributed by atoms with Crippen molar-refractivity contribution in [1.82, 2.24) is 5.43 Å². The molecule has 2 aromatic rings. The topological polar surface area (TPSA) is 84.6 Å². The van der Waals surface area contributed by atoms with Crippen LogP contribution < -0.4 is 5.43 Å². The highest BCUT2D eigenvalue weighted by atomic mass is 79.9. The smallest absolute Gasteiger partial charge is 0.267 e. The molecule has 0 aliphatic heterocycles. The fourth-order valence-electron chi connectivity index (χ4n) is 1.90. The number of halogens is 1. The zero-order chi connectivity index (χ0) is 17.0. The molecule has 0 saturated heterocycles. The van der Waals surface area contributed by atoms with E-state index in [2.05, 4.69) is 26.5 Å². The first kappa shape index (κ1) is 16.8. The molecule has 0 aliphatic carbocycles. The van der Waals surface area contributed by atoms with E-state index in [1.54, 1.807) is 19.9 Å². The Labute approximate surface area is 141 Å².